The number of esters is 3. The van der Waals surface area contributed by atoms with Crippen LogP contribution >= 0.6 is 0 Å². The summed E-state index contributed by atoms with van der Waals surface area (Å²) in [5.74, 6) is -0.867. The van der Waals surface area contributed by atoms with Gasteiger partial charge in [-0.25, -0.2) is 0 Å². The summed E-state index contributed by atoms with van der Waals surface area (Å²) in [6.45, 7) is 6.64. The second kappa shape index (κ2) is 52.5. The summed E-state index contributed by atoms with van der Waals surface area (Å²) in [6, 6.07) is 0. The zero-order valence-corrected chi connectivity index (χ0v) is 42.4. The first-order chi connectivity index (χ1) is 31.0. The van der Waals surface area contributed by atoms with E-state index in [2.05, 4.69) is 45.1 Å². The molecule has 6 nitrogen and oxygen atoms in total. The summed E-state index contributed by atoms with van der Waals surface area (Å²) in [6.07, 6.45) is 60.2. The van der Waals surface area contributed by atoms with E-state index in [0.29, 0.717) is 19.3 Å². The number of hydrogen-bond acceptors (Lipinski definition) is 6. The van der Waals surface area contributed by atoms with Crippen LogP contribution in [0.15, 0.2) is 24.3 Å². The molecule has 0 bridgehead atoms. The molecule has 0 radical (unpaired) electrons. The lowest BCUT2D eigenvalue weighted by Crippen LogP contribution is -2.30. The minimum absolute atomic E-state index is 0.0717. The summed E-state index contributed by atoms with van der Waals surface area (Å²) in [5, 5.41) is 0. The molecular weight excluding hydrogens is 781 g/mol. The molecule has 0 spiro atoms. The summed E-state index contributed by atoms with van der Waals surface area (Å²) in [4.78, 5) is 38.1. The van der Waals surface area contributed by atoms with Crippen molar-refractivity contribution in [1.82, 2.24) is 0 Å². The molecule has 0 fully saturated rings. The predicted molar refractivity (Wildman–Crippen MR) is 270 cm³/mol. The van der Waals surface area contributed by atoms with Crippen LogP contribution in [0.2, 0.25) is 0 Å². The fraction of sp³-hybridized carbons (Fsp3) is 0.877. The van der Waals surface area contributed by atoms with Crippen LogP contribution in [-0.4, -0.2) is 37.2 Å². The number of ether oxygens (including phenoxy) is 3. The normalized spacial score (nSPS) is 12.1. The molecular formula is C57H106O6. The van der Waals surface area contributed by atoms with Gasteiger partial charge in [-0.2, -0.15) is 0 Å². The third-order valence-corrected chi connectivity index (χ3v) is 12.5. The fourth-order valence-corrected chi connectivity index (χ4v) is 8.24. The maximum absolute atomic E-state index is 12.8. The quantitative estimate of drug-likeness (QED) is 0.0262. The number of carbonyl (C=O) groups excluding carboxylic acids is 3. The fourth-order valence-electron chi connectivity index (χ4n) is 8.24. The molecule has 0 unspecified atom stereocenters. The van der Waals surface area contributed by atoms with E-state index in [4.69, 9.17) is 14.2 Å². The Labute approximate surface area is 392 Å². The van der Waals surface area contributed by atoms with Crippen molar-refractivity contribution in [3.63, 3.8) is 0 Å². The minimum Gasteiger partial charge on any atom is -0.462 e. The lowest BCUT2D eigenvalue weighted by molar-refractivity contribution is -0.167. The largest absolute Gasteiger partial charge is 0.462 e. The van der Waals surface area contributed by atoms with Crippen LogP contribution in [0.25, 0.3) is 0 Å². The SMILES string of the molecule is CCCCC/C=C\C/C=C\CCCCCCCC(=O)O[C@H](COC(=O)CCCCCCCCCCCCCCC)COC(=O)CCCCCCCCCCCCCCCCCCC. The predicted octanol–water partition coefficient (Wildman–Crippen LogP) is 18.3. The molecule has 0 aliphatic carbocycles. The Bertz CT molecular complexity index is 1020. The van der Waals surface area contributed by atoms with Crippen molar-refractivity contribution >= 4 is 17.9 Å². The molecule has 0 aromatic rings. The number of allylic oxidation sites excluding steroid dienone is 4. The second-order valence-corrected chi connectivity index (χ2v) is 18.9. The van der Waals surface area contributed by atoms with Gasteiger partial charge in [0.2, 0.25) is 0 Å². The first kappa shape index (κ1) is 60.9. The molecule has 0 rings (SSSR count). The van der Waals surface area contributed by atoms with E-state index in [1.54, 1.807) is 0 Å². The third-order valence-electron chi connectivity index (χ3n) is 12.5. The molecule has 370 valence electrons. The van der Waals surface area contributed by atoms with Crippen molar-refractivity contribution < 1.29 is 28.6 Å². The summed E-state index contributed by atoms with van der Waals surface area (Å²) in [5.41, 5.74) is 0. The zero-order chi connectivity index (χ0) is 45.8. The van der Waals surface area contributed by atoms with Gasteiger partial charge in [-0.1, -0.05) is 257 Å². The Morgan fingerprint density at radius 2 is 0.571 bits per heavy atom. The molecule has 0 heterocycles. The molecule has 0 aromatic heterocycles. The van der Waals surface area contributed by atoms with Gasteiger partial charge >= 0.3 is 17.9 Å². The molecule has 0 N–H and O–H groups in total. The molecule has 6 heteroatoms. The van der Waals surface area contributed by atoms with E-state index in [0.717, 1.165) is 77.0 Å². The summed E-state index contributed by atoms with van der Waals surface area (Å²) < 4.78 is 16.8. The van der Waals surface area contributed by atoms with Gasteiger partial charge in [-0.3, -0.25) is 14.4 Å². The monoisotopic (exact) mass is 887 g/mol. The third kappa shape index (κ3) is 50.7. The van der Waals surface area contributed by atoms with Gasteiger partial charge in [0.15, 0.2) is 6.10 Å². The van der Waals surface area contributed by atoms with Crippen molar-refractivity contribution in [2.45, 2.75) is 309 Å². The van der Waals surface area contributed by atoms with Crippen LogP contribution in [-0.2, 0) is 28.6 Å². The van der Waals surface area contributed by atoms with Crippen molar-refractivity contribution in [3.05, 3.63) is 24.3 Å². The van der Waals surface area contributed by atoms with E-state index in [9.17, 15) is 14.4 Å². The van der Waals surface area contributed by atoms with Crippen molar-refractivity contribution in [3.8, 4) is 0 Å². The van der Waals surface area contributed by atoms with Gasteiger partial charge in [0.1, 0.15) is 13.2 Å². The first-order valence-corrected chi connectivity index (χ1v) is 27.8. The van der Waals surface area contributed by atoms with Gasteiger partial charge in [0, 0.05) is 19.3 Å². The lowest BCUT2D eigenvalue weighted by Gasteiger charge is -2.18. The van der Waals surface area contributed by atoms with E-state index >= 15 is 0 Å². The molecule has 1 atom stereocenters. The van der Waals surface area contributed by atoms with Gasteiger partial charge < -0.3 is 14.2 Å². The highest BCUT2D eigenvalue weighted by atomic mass is 16.6. The topological polar surface area (TPSA) is 78.9 Å². The molecule has 63 heavy (non-hydrogen) atoms. The van der Waals surface area contributed by atoms with Crippen LogP contribution in [0.5, 0.6) is 0 Å². The summed E-state index contributed by atoms with van der Waals surface area (Å²) >= 11 is 0. The van der Waals surface area contributed by atoms with Crippen LogP contribution in [0, 0.1) is 0 Å². The Hall–Kier alpha value is -2.11. The average molecular weight is 887 g/mol. The number of unbranched alkanes of at least 4 members (excludes halogenated alkanes) is 36. The Balaban J connectivity index is 4.33. The Morgan fingerprint density at radius 1 is 0.317 bits per heavy atom. The molecule has 0 aliphatic heterocycles. The molecule has 0 aromatic carbocycles. The Kier molecular flexibility index (Phi) is 50.8. The smallest absolute Gasteiger partial charge is 0.306 e. The van der Waals surface area contributed by atoms with E-state index < -0.39 is 6.10 Å². The van der Waals surface area contributed by atoms with Gasteiger partial charge in [-0.15, -0.1) is 0 Å². The van der Waals surface area contributed by atoms with Gasteiger partial charge in [0.05, 0.1) is 0 Å². The van der Waals surface area contributed by atoms with Crippen LogP contribution in [0.4, 0.5) is 0 Å². The Morgan fingerprint density at radius 3 is 0.905 bits per heavy atom. The number of carbonyl (C=O) groups is 3. The van der Waals surface area contributed by atoms with Crippen molar-refractivity contribution in [1.29, 1.82) is 0 Å². The van der Waals surface area contributed by atoms with E-state index in [1.807, 2.05) is 0 Å². The minimum atomic E-state index is -0.773. The second-order valence-electron chi connectivity index (χ2n) is 18.9. The first-order valence-electron chi connectivity index (χ1n) is 27.8. The maximum atomic E-state index is 12.8. The molecule has 0 amide bonds. The van der Waals surface area contributed by atoms with E-state index in [-0.39, 0.29) is 31.1 Å². The molecule has 0 aliphatic rings. The standard InChI is InChI=1S/C57H106O6/c1-4-7-10-13-16-19-22-25-27-28-30-32-35-38-41-44-47-50-56(59)62-53-54(52-61-55(58)49-46-43-40-37-34-31-24-21-18-15-12-9-6-3)63-57(60)51-48-45-42-39-36-33-29-26-23-20-17-14-11-8-5-2/h17,20,26,29,54H,4-16,18-19,21-25,27-28,30-53H2,1-3H3/b20-17-,29-26-/t54-/m1/s1. The highest BCUT2D eigenvalue weighted by Gasteiger charge is 2.19. The van der Waals surface area contributed by atoms with Crippen LogP contribution in [0.1, 0.15) is 303 Å². The van der Waals surface area contributed by atoms with Crippen LogP contribution < -0.4 is 0 Å². The van der Waals surface area contributed by atoms with E-state index in [1.165, 1.54) is 186 Å². The lowest BCUT2D eigenvalue weighted by atomic mass is 10.0. The highest BCUT2D eigenvalue weighted by molar-refractivity contribution is 5.71. The maximum Gasteiger partial charge on any atom is 0.306 e. The van der Waals surface area contributed by atoms with Crippen molar-refractivity contribution in [2.75, 3.05) is 13.2 Å². The average Bonchev–Trinajstić information content (AvgIpc) is 3.28. The van der Waals surface area contributed by atoms with Gasteiger partial charge in [-0.05, 0) is 51.4 Å². The number of rotatable bonds is 51. The number of hydrogen-bond donors (Lipinski definition) is 0. The van der Waals surface area contributed by atoms with Crippen molar-refractivity contribution in [2.24, 2.45) is 0 Å². The zero-order valence-electron chi connectivity index (χ0n) is 42.4. The molecule has 0 saturated carbocycles. The summed E-state index contributed by atoms with van der Waals surface area (Å²) in [7, 11) is 0. The molecule has 0 saturated heterocycles. The highest BCUT2D eigenvalue weighted by Crippen LogP contribution is 2.17. The van der Waals surface area contributed by atoms with Gasteiger partial charge in [0.25, 0.3) is 0 Å². The van der Waals surface area contributed by atoms with Crippen LogP contribution in [0.3, 0.4) is 0 Å².